The van der Waals surface area contributed by atoms with Gasteiger partial charge in [-0.3, -0.25) is 0 Å². The van der Waals surface area contributed by atoms with Crippen LogP contribution in [0.1, 0.15) is 10.4 Å². The average Bonchev–Trinajstić information content (AvgIpc) is 2.49. The Hall–Kier alpha value is -2.11. The molecule has 2 rings (SSSR count). The van der Waals surface area contributed by atoms with Crippen LogP contribution in [0.25, 0.3) is 0 Å². The van der Waals surface area contributed by atoms with Gasteiger partial charge in [-0.15, -0.1) is 0 Å². The zero-order valence-corrected chi connectivity index (χ0v) is 13.3. The number of likely N-dealkylation sites (N-methyl/N-ethyl adjacent to an activating group) is 1. The average molecular weight is 320 g/mol. The van der Waals surface area contributed by atoms with Gasteiger partial charge in [0, 0.05) is 23.5 Å². The summed E-state index contributed by atoms with van der Waals surface area (Å²) in [4.78, 5) is 18.3. The minimum Gasteiger partial charge on any atom is -0.461 e. The van der Waals surface area contributed by atoms with Gasteiger partial charge in [0.25, 0.3) is 0 Å². The number of benzene rings is 1. The van der Waals surface area contributed by atoms with Crippen molar-refractivity contribution in [1.29, 1.82) is 0 Å². The molecule has 0 fully saturated rings. The first-order valence-electron chi connectivity index (χ1n) is 6.86. The number of rotatable bonds is 6. The van der Waals surface area contributed by atoms with Crippen LogP contribution in [0.2, 0.25) is 5.02 Å². The maximum atomic E-state index is 12.1. The second-order valence-corrected chi connectivity index (χ2v) is 5.41. The molecule has 116 valence electrons. The van der Waals surface area contributed by atoms with Gasteiger partial charge in [0.1, 0.15) is 18.0 Å². The number of ether oxygens (including phenoxy) is 1. The number of halogens is 1. The molecule has 2 aromatic rings. The predicted octanol–water partition coefficient (Wildman–Crippen LogP) is 3.20. The number of nitrogens with one attached hydrogen (secondary N) is 1. The van der Waals surface area contributed by atoms with Crippen LogP contribution in [0.5, 0.6) is 0 Å². The summed E-state index contributed by atoms with van der Waals surface area (Å²) < 4.78 is 5.25. The quantitative estimate of drug-likeness (QED) is 0.829. The van der Waals surface area contributed by atoms with Gasteiger partial charge in [-0.1, -0.05) is 11.6 Å². The van der Waals surface area contributed by atoms with E-state index in [4.69, 9.17) is 16.3 Å². The highest BCUT2D eigenvalue weighted by molar-refractivity contribution is 6.30. The minimum absolute atomic E-state index is 0.334. The third-order valence-electron chi connectivity index (χ3n) is 2.91. The van der Waals surface area contributed by atoms with Gasteiger partial charge in [0.15, 0.2) is 0 Å². The highest BCUT2D eigenvalue weighted by Crippen LogP contribution is 2.20. The first-order valence-corrected chi connectivity index (χ1v) is 7.23. The summed E-state index contributed by atoms with van der Waals surface area (Å²) in [6.07, 6.45) is 1.62. The van der Waals surface area contributed by atoms with Crippen molar-refractivity contribution in [3.05, 3.63) is 53.2 Å². The van der Waals surface area contributed by atoms with Gasteiger partial charge in [0.2, 0.25) is 0 Å². The number of carbonyl (C=O) groups excluding carboxylic acids is 1. The molecule has 0 aliphatic rings. The summed E-state index contributed by atoms with van der Waals surface area (Å²) in [7, 11) is 3.84. The summed E-state index contributed by atoms with van der Waals surface area (Å²) in [5.41, 5.74) is 1.20. The van der Waals surface area contributed by atoms with E-state index in [0.29, 0.717) is 29.6 Å². The fraction of sp³-hybridized carbons (Fsp3) is 0.250. The van der Waals surface area contributed by atoms with Crippen LogP contribution in [0.4, 0.5) is 11.5 Å². The number of esters is 1. The summed E-state index contributed by atoms with van der Waals surface area (Å²) in [5.74, 6) is 0.0612. The molecule has 6 heteroatoms. The van der Waals surface area contributed by atoms with Crippen LogP contribution in [-0.4, -0.2) is 43.1 Å². The van der Waals surface area contributed by atoms with E-state index in [1.54, 1.807) is 30.5 Å². The zero-order valence-electron chi connectivity index (χ0n) is 12.5. The minimum atomic E-state index is -0.397. The van der Waals surface area contributed by atoms with Crippen molar-refractivity contribution >= 4 is 29.1 Å². The second kappa shape index (κ2) is 7.77. The second-order valence-electron chi connectivity index (χ2n) is 4.97. The van der Waals surface area contributed by atoms with Crippen molar-refractivity contribution in [2.75, 3.05) is 32.6 Å². The molecule has 0 bridgehead atoms. The van der Waals surface area contributed by atoms with Crippen molar-refractivity contribution in [2.24, 2.45) is 0 Å². The summed E-state index contributed by atoms with van der Waals surface area (Å²) in [6.45, 7) is 1.01. The van der Waals surface area contributed by atoms with Crippen LogP contribution < -0.4 is 5.32 Å². The molecule has 1 aromatic heterocycles. The molecule has 0 aliphatic heterocycles. The van der Waals surface area contributed by atoms with E-state index in [2.05, 4.69) is 10.3 Å². The lowest BCUT2D eigenvalue weighted by molar-refractivity contribution is 0.0482. The highest BCUT2D eigenvalue weighted by Gasteiger charge is 2.14. The first kappa shape index (κ1) is 16.3. The number of aromatic nitrogens is 1. The molecule has 1 N–H and O–H groups in total. The molecule has 5 nitrogen and oxygen atoms in total. The Bertz CT molecular complexity index is 630. The molecule has 0 radical (unpaired) electrons. The third kappa shape index (κ3) is 4.72. The number of pyridine rings is 1. The van der Waals surface area contributed by atoms with Gasteiger partial charge in [-0.05, 0) is 50.5 Å². The molecule has 0 spiro atoms. The van der Waals surface area contributed by atoms with Crippen LogP contribution in [0.3, 0.4) is 0 Å². The molecule has 0 saturated carbocycles. The number of hydrogen-bond donors (Lipinski definition) is 1. The molecule has 0 aliphatic carbocycles. The van der Waals surface area contributed by atoms with Crippen molar-refractivity contribution in [3.8, 4) is 0 Å². The Morgan fingerprint density at radius 1 is 1.27 bits per heavy atom. The molecule has 22 heavy (non-hydrogen) atoms. The Kier molecular flexibility index (Phi) is 5.75. The first-order chi connectivity index (χ1) is 10.6. The molecule has 0 unspecified atom stereocenters. The van der Waals surface area contributed by atoms with Crippen LogP contribution in [0, 0.1) is 0 Å². The molecular formula is C16H18ClN3O2. The van der Waals surface area contributed by atoms with Crippen LogP contribution in [-0.2, 0) is 4.74 Å². The van der Waals surface area contributed by atoms with Crippen LogP contribution >= 0.6 is 11.6 Å². The van der Waals surface area contributed by atoms with E-state index >= 15 is 0 Å². The fourth-order valence-electron chi connectivity index (χ4n) is 1.74. The van der Waals surface area contributed by atoms with Gasteiger partial charge >= 0.3 is 5.97 Å². The van der Waals surface area contributed by atoms with Crippen molar-refractivity contribution in [3.63, 3.8) is 0 Å². The van der Waals surface area contributed by atoms with E-state index in [0.717, 1.165) is 5.69 Å². The van der Waals surface area contributed by atoms with Crippen molar-refractivity contribution in [1.82, 2.24) is 9.88 Å². The number of anilines is 2. The monoisotopic (exact) mass is 319 g/mol. The Morgan fingerprint density at radius 3 is 2.68 bits per heavy atom. The Morgan fingerprint density at radius 2 is 2.00 bits per heavy atom. The summed E-state index contributed by atoms with van der Waals surface area (Å²) >= 11 is 5.86. The van der Waals surface area contributed by atoms with Crippen molar-refractivity contribution < 1.29 is 9.53 Å². The predicted molar refractivity (Wildman–Crippen MR) is 87.8 cm³/mol. The molecular weight excluding hydrogens is 302 g/mol. The highest BCUT2D eigenvalue weighted by atomic mass is 35.5. The standard InChI is InChI=1S/C16H18ClN3O2/c1-20(2)10-11-22-16(21)14-4-3-9-18-15(14)19-13-7-5-12(17)6-8-13/h3-9H,10-11H2,1-2H3,(H,18,19). The van der Waals surface area contributed by atoms with Gasteiger partial charge < -0.3 is 15.0 Å². The lowest BCUT2D eigenvalue weighted by atomic mass is 10.2. The number of carbonyl (C=O) groups is 1. The van der Waals surface area contributed by atoms with E-state index in [-0.39, 0.29) is 0 Å². The summed E-state index contributed by atoms with van der Waals surface area (Å²) in [5, 5.41) is 3.75. The SMILES string of the molecule is CN(C)CCOC(=O)c1cccnc1Nc1ccc(Cl)cc1. The van der Waals surface area contributed by atoms with E-state index in [1.165, 1.54) is 0 Å². The normalized spacial score (nSPS) is 10.5. The molecule has 1 heterocycles. The molecule has 0 atom stereocenters. The fourth-order valence-corrected chi connectivity index (χ4v) is 1.86. The van der Waals surface area contributed by atoms with E-state index < -0.39 is 5.97 Å². The lowest BCUT2D eigenvalue weighted by Gasteiger charge is -2.12. The number of hydrogen-bond acceptors (Lipinski definition) is 5. The largest absolute Gasteiger partial charge is 0.461 e. The Labute approximate surface area is 134 Å². The van der Waals surface area contributed by atoms with Crippen molar-refractivity contribution in [2.45, 2.75) is 0 Å². The van der Waals surface area contributed by atoms with Gasteiger partial charge in [-0.2, -0.15) is 0 Å². The lowest BCUT2D eigenvalue weighted by Crippen LogP contribution is -2.20. The van der Waals surface area contributed by atoms with E-state index in [1.807, 2.05) is 31.1 Å². The molecule has 1 aromatic carbocycles. The van der Waals surface area contributed by atoms with E-state index in [9.17, 15) is 4.79 Å². The third-order valence-corrected chi connectivity index (χ3v) is 3.16. The Balaban J connectivity index is 2.09. The molecule has 0 saturated heterocycles. The zero-order chi connectivity index (χ0) is 15.9. The molecule has 0 amide bonds. The maximum Gasteiger partial charge on any atom is 0.341 e. The summed E-state index contributed by atoms with van der Waals surface area (Å²) in [6, 6.07) is 10.6. The van der Waals surface area contributed by atoms with Gasteiger partial charge in [-0.25, -0.2) is 9.78 Å². The topological polar surface area (TPSA) is 54.5 Å². The smallest absolute Gasteiger partial charge is 0.341 e. The number of nitrogens with zero attached hydrogens (tertiary/aromatic N) is 2. The van der Waals surface area contributed by atoms with Crippen LogP contribution in [0.15, 0.2) is 42.6 Å². The van der Waals surface area contributed by atoms with Gasteiger partial charge in [0.05, 0.1) is 0 Å². The maximum absolute atomic E-state index is 12.1.